The normalized spacial score (nSPS) is 24.7. The Labute approximate surface area is 229 Å². The lowest BCUT2D eigenvalue weighted by Gasteiger charge is -2.53. The third kappa shape index (κ3) is 4.87. The first kappa shape index (κ1) is 25.8. The first-order valence-corrected chi connectivity index (χ1v) is 14.1. The largest absolute Gasteiger partial charge is 0.387 e. The van der Waals surface area contributed by atoms with Gasteiger partial charge in [-0.3, -0.25) is 9.36 Å². The summed E-state index contributed by atoms with van der Waals surface area (Å²) in [6.45, 7) is 3.32. The van der Waals surface area contributed by atoms with E-state index in [4.69, 9.17) is 0 Å². The molecule has 0 bridgehead atoms. The van der Waals surface area contributed by atoms with Gasteiger partial charge in [0.15, 0.2) is 0 Å². The minimum absolute atomic E-state index is 0.0134. The minimum atomic E-state index is -1.08. The molecule has 2 amide bonds. The van der Waals surface area contributed by atoms with Gasteiger partial charge in [-0.2, -0.15) is 0 Å². The molecule has 8 nitrogen and oxygen atoms in total. The molecule has 1 aliphatic carbocycles. The number of hydrogen-bond donors (Lipinski definition) is 2. The minimum Gasteiger partial charge on any atom is -0.387 e. The number of nitrogens with one attached hydrogen (secondary N) is 1. The van der Waals surface area contributed by atoms with Crippen molar-refractivity contribution >= 4 is 6.03 Å². The highest BCUT2D eigenvalue weighted by molar-refractivity contribution is 5.75. The molecule has 0 radical (unpaired) electrons. The number of rotatable bonds is 4. The van der Waals surface area contributed by atoms with Crippen LogP contribution in [0.5, 0.6) is 0 Å². The Morgan fingerprint density at radius 3 is 2.44 bits per heavy atom. The van der Waals surface area contributed by atoms with Gasteiger partial charge in [-0.1, -0.05) is 73.5 Å². The number of urea groups is 1. The molecule has 3 aliphatic rings. The Morgan fingerprint density at radius 2 is 1.72 bits per heavy atom. The third-order valence-corrected chi connectivity index (χ3v) is 9.16. The number of hydrogen-bond acceptors (Lipinski definition) is 5. The quantitative estimate of drug-likeness (QED) is 0.540. The smallest absolute Gasteiger partial charge is 0.320 e. The number of piperidine rings is 1. The monoisotopic (exact) mass is 527 g/mol. The molecule has 3 fully saturated rings. The summed E-state index contributed by atoms with van der Waals surface area (Å²) in [5.41, 5.74) is 0.963. The molecule has 2 N–H and O–H groups in total. The maximum Gasteiger partial charge on any atom is 0.320 e. The first-order chi connectivity index (χ1) is 19.0. The zero-order chi connectivity index (χ0) is 26.9. The predicted octanol–water partition coefficient (Wildman–Crippen LogP) is 3.67. The van der Waals surface area contributed by atoms with Gasteiger partial charge >= 0.3 is 6.03 Å². The number of nitrogens with zero attached hydrogens (tertiary/aromatic N) is 4. The first-order valence-electron chi connectivity index (χ1n) is 14.1. The van der Waals surface area contributed by atoms with Gasteiger partial charge in [0.25, 0.3) is 5.56 Å². The van der Waals surface area contributed by atoms with Crippen LogP contribution < -0.4 is 10.9 Å². The second-order valence-electron chi connectivity index (χ2n) is 11.4. The highest BCUT2D eigenvalue weighted by atomic mass is 16.3. The van der Waals surface area contributed by atoms with Gasteiger partial charge in [-0.05, 0) is 24.8 Å². The second-order valence-corrected chi connectivity index (χ2v) is 11.4. The Morgan fingerprint density at radius 1 is 1.00 bits per heavy atom. The SMILES string of the molecule is O=C(N1CC[C@@](O)(Cn2cnc(-c3ccccc3)cc2=O)C2(CCCC2)C1)N1CCNC[C@@H]1c1ccccc1. The molecule has 3 aromatic rings. The van der Waals surface area contributed by atoms with Crippen LogP contribution in [0.1, 0.15) is 43.7 Å². The lowest BCUT2D eigenvalue weighted by molar-refractivity contribution is -0.137. The van der Waals surface area contributed by atoms with Crippen molar-refractivity contribution in [2.45, 2.75) is 50.3 Å². The maximum absolute atomic E-state index is 13.9. The van der Waals surface area contributed by atoms with Crippen LogP contribution in [0.3, 0.4) is 0 Å². The number of aromatic nitrogens is 2. The molecule has 0 unspecified atom stereocenters. The Bertz CT molecular complexity index is 1360. The van der Waals surface area contributed by atoms with E-state index in [0.29, 0.717) is 31.7 Å². The summed E-state index contributed by atoms with van der Waals surface area (Å²) in [6.07, 6.45) is 5.74. The number of likely N-dealkylation sites (tertiary alicyclic amines) is 1. The summed E-state index contributed by atoms with van der Waals surface area (Å²) in [5.74, 6) is 0. The molecule has 2 atom stereocenters. The lowest BCUT2D eigenvalue weighted by atomic mass is 9.66. The van der Waals surface area contributed by atoms with Crippen molar-refractivity contribution in [1.29, 1.82) is 0 Å². The lowest BCUT2D eigenvalue weighted by Crippen LogP contribution is -2.64. The molecule has 2 aliphatic heterocycles. The number of amides is 2. The van der Waals surface area contributed by atoms with E-state index in [1.54, 1.807) is 17.0 Å². The maximum atomic E-state index is 13.9. The Hall–Kier alpha value is -3.49. The summed E-state index contributed by atoms with van der Waals surface area (Å²) >= 11 is 0. The summed E-state index contributed by atoms with van der Waals surface area (Å²) in [4.78, 5) is 35.6. The van der Waals surface area contributed by atoms with Crippen molar-refractivity contribution < 1.29 is 9.90 Å². The predicted molar refractivity (Wildman–Crippen MR) is 150 cm³/mol. The van der Waals surface area contributed by atoms with E-state index in [-0.39, 0.29) is 24.2 Å². The average molecular weight is 528 g/mol. The standard InChI is InChI=1S/C31H37N5O3/c37-28-19-26(24-9-3-1-4-10-24)33-23-35(28)22-31(39)15-17-34(21-30(31)13-7-8-14-30)29(38)36-18-16-32-20-27(36)25-11-5-2-6-12-25/h1-6,9-12,19,23,27,32,39H,7-8,13-18,20-22H2/t27-,31-/m1/s1. The Balaban J connectivity index is 1.23. The van der Waals surface area contributed by atoms with Crippen LogP contribution in [0.15, 0.2) is 77.9 Å². The number of piperazine rings is 1. The van der Waals surface area contributed by atoms with Gasteiger partial charge in [0.2, 0.25) is 0 Å². The summed E-state index contributed by atoms with van der Waals surface area (Å²) in [6, 6.07) is 21.4. The number of benzene rings is 2. The molecule has 3 heterocycles. The zero-order valence-electron chi connectivity index (χ0n) is 22.3. The number of carbonyl (C=O) groups is 1. The molecule has 6 rings (SSSR count). The molecule has 204 valence electrons. The Kier molecular flexibility index (Phi) is 6.99. The molecule has 2 saturated heterocycles. The molecular weight excluding hydrogens is 490 g/mol. The molecule has 1 spiro atoms. The van der Waals surface area contributed by atoms with E-state index in [1.165, 1.54) is 0 Å². The van der Waals surface area contributed by atoms with Crippen molar-refractivity contribution in [3.63, 3.8) is 0 Å². The van der Waals surface area contributed by atoms with Gasteiger partial charge in [0, 0.05) is 49.8 Å². The highest BCUT2D eigenvalue weighted by Crippen LogP contribution is 2.51. The highest BCUT2D eigenvalue weighted by Gasteiger charge is 2.56. The number of carbonyl (C=O) groups excluding carboxylic acids is 1. The van der Waals surface area contributed by atoms with Crippen LogP contribution >= 0.6 is 0 Å². The van der Waals surface area contributed by atoms with E-state index >= 15 is 0 Å². The van der Waals surface area contributed by atoms with Crippen LogP contribution in [0, 0.1) is 5.41 Å². The van der Waals surface area contributed by atoms with E-state index in [1.807, 2.05) is 58.3 Å². The van der Waals surface area contributed by atoms with Gasteiger partial charge in [-0.15, -0.1) is 0 Å². The molecule has 2 aromatic carbocycles. The van der Waals surface area contributed by atoms with Gasteiger partial charge in [0.05, 0.1) is 30.2 Å². The second kappa shape index (κ2) is 10.6. The topological polar surface area (TPSA) is 90.7 Å². The fourth-order valence-corrected chi connectivity index (χ4v) is 6.94. The number of aliphatic hydroxyl groups is 1. The summed E-state index contributed by atoms with van der Waals surface area (Å²) < 4.78 is 1.55. The van der Waals surface area contributed by atoms with Crippen molar-refractivity contribution in [2.75, 3.05) is 32.7 Å². The van der Waals surface area contributed by atoms with Crippen molar-refractivity contribution in [1.82, 2.24) is 24.7 Å². The fraction of sp³-hybridized carbons (Fsp3) is 0.452. The van der Waals surface area contributed by atoms with Crippen molar-refractivity contribution in [2.24, 2.45) is 5.41 Å². The zero-order valence-corrected chi connectivity index (χ0v) is 22.3. The van der Waals surface area contributed by atoms with Crippen LogP contribution in [-0.4, -0.2) is 68.8 Å². The van der Waals surface area contributed by atoms with Gasteiger partial charge in [-0.25, -0.2) is 9.78 Å². The average Bonchev–Trinajstić information content (AvgIpc) is 3.46. The fourth-order valence-electron chi connectivity index (χ4n) is 6.94. The van der Waals surface area contributed by atoms with E-state index in [9.17, 15) is 14.7 Å². The summed E-state index contributed by atoms with van der Waals surface area (Å²) in [5, 5.41) is 15.6. The van der Waals surface area contributed by atoms with Crippen molar-refractivity contribution in [3.8, 4) is 11.3 Å². The summed E-state index contributed by atoms with van der Waals surface area (Å²) in [7, 11) is 0. The molecule has 8 heteroatoms. The van der Waals surface area contributed by atoms with Crippen LogP contribution in [0.4, 0.5) is 4.79 Å². The molecule has 39 heavy (non-hydrogen) atoms. The van der Waals surface area contributed by atoms with Crippen LogP contribution in [0.2, 0.25) is 0 Å². The molecule has 1 saturated carbocycles. The van der Waals surface area contributed by atoms with E-state index < -0.39 is 11.0 Å². The van der Waals surface area contributed by atoms with E-state index in [2.05, 4.69) is 22.4 Å². The van der Waals surface area contributed by atoms with Crippen LogP contribution in [-0.2, 0) is 6.54 Å². The molecular formula is C31H37N5O3. The molecule has 1 aromatic heterocycles. The van der Waals surface area contributed by atoms with E-state index in [0.717, 1.165) is 49.9 Å². The van der Waals surface area contributed by atoms with Crippen LogP contribution in [0.25, 0.3) is 11.3 Å². The van der Waals surface area contributed by atoms with Gasteiger partial charge < -0.3 is 20.2 Å². The third-order valence-electron chi connectivity index (χ3n) is 9.16. The van der Waals surface area contributed by atoms with Crippen molar-refractivity contribution in [3.05, 3.63) is 89.0 Å². The van der Waals surface area contributed by atoms with Gasteiger partial charge in [0.1, 0.15) is 0 Å².